The fourth-order valence-corrected chi connectivity index (χ4v) is 3.02. The molecule has 1 aromatic heterocycles. The Hall–Kier alpha value is -1.43. The highest BCUT2D eigenvalue weighted by atomic mass is 16.5. The lowest BCUT2D eigenvalue weighted by molar-refractivity contribution is -0.136. The number of amides is 1. The SMILES string of the molecule is CC(C)c1nc([C@@H]2CCCN(C(=O)[C@H]3CCOC3)C2)no1. The molecular weight excluding hydrogens is 270 g/mol. The minimum absolute atomic E-state index is 0.0419. The predicted molar refractivity (Wildman–Crippen MR) is 75.9 cm³/mol. The van der Waals surface area contributed by atoms with Crippen LogP contribution in [0.4, 0.5) is 0 Å². The van der Waals surface area contributed by atoms with Crippen LogP contribution in [-0.4, -0.2) is 47.3 Å². The van der Waals surface area contributed by atoms with Gasteiger partial charge in [-0.1, -0.05) is 19.0 Å². The van der Waals surface area contributed by atoms with Gasteiger partial charge in [-0.2, -0.15) is 4.98 Å². The summed E-state index contributed by atoms with van der Waals surface area (Å²) >= 11 is 0. The Labute approximate surface area is 124 Å². The molecule has 2 atom stereocenters. The van der Waals surface area contributed by atoms with E-state index in [1.165, 1.54) is 0 Å². The van der Waals surface area contributed by atoms with E-state index in [9.17, 15) is 4.79 Å². The summed E-state index contributed by atoms with van der Waals surface area (Å²) in [7, 11) is 0. The zero-order valence-corrected chi connectivity index (χ0v) is 12.7. The number of likely N-dealkylation sites (tertiary alicyclic amines) is 1. The molecule has 0 saturated carbocycles. The number of hydrogen-bond acceptors (Lipinski definition) is 5. The molecule has 0 aromatic carbocycles. The molecule has 0 bridgehead atoms. The van der Waals surface area contributed by atoms with E-state index >= 15 is 0 Å². The smallest absolute Gasteiger partial charge is 0.229 e. The first-order chi connectivity index (χ1) is 10.1. The van der Waals surface area contributed by atoms with Crippen LogP contribution in [-0.2, 0) is 9.53 Å². The lowest BCUT2D eigenvalue weighted by Crippen LogP contribution is -2.42. The molecule has 0 aliphatic carbocycles. The molecule has 6 heteroatoms. The number of carbonyl (C=O) groups is 1. The summed E-state index contributed by atoms with van der Waals surface area (Å²) < 4.78 is 10.6. The van der Waals surface area contributed by atoms with Gasteiger partial charge >= 0.3 is 0 Å². The largest absolute Gasteiger partial charge is 0.381 e. The zero-order chi connectivity index (χ0) is 14.8. The standard InChI is InChI=1S/C15H23N3O3/c1-10(2)14-16-13(17-21-14)11-4-3-6-18(8-11)15(19)12-5-7-20-9-12/h10-12H,3-9H2,1-2H3/t11-,12+/m1/s1. The Morgan fingerprint density at radius 2 is 2.24 bits per heavy atom. The third-order valence-electron chi connectivity index (χ3n) is 4.33. The van der Waals surface area contributed by atoms with E-state index in [1.54, 1.807) is 0 Å². The Morgan fingerprint density at radius 1 is 1.38 bits per heavy atom. The second-order valence-corrected chi connectivity index (χ2v) is 6.33. The Kier molecular flexibility index (Phi) is 4.24. The maximum atomic E-state index is 12.5. The Bertz CT molecular complexity index is 494. The van der Waals surface area contributed by atoms with E-state index in [1.807, 2.05) is 18.7 Å². The van der Waals surface area contributed by atoms with Crippen molar-refractivity contribution in [2.75, 3.05) is 26.3 Å². The third kappa shape index (κ3) is 3.10. The van der Waals surface area contributed by atoms with Crippen LogP contribution < -0.4 is 0 Å². The lowest BCUT2D eigenvalue weighted by Gasteiger charge is -2.32. The minimum atomic E-state index is 0.0419. The molecular formula is C15H23N3O3. The van der Waals surface area contributed by atoms with Crippen molar-refractivity contribution in [2.24, 2.45) is 5.92 Å². The zero-order valence-electron chi connectivity index (χ0n) is 12.7. The van der Waals surface area contributed by atoms with E-state index in [0.29, 0.717) is 25.6 Å². The summed E-state index contributed by atoms with van der Waals surface area (Å²) in [5.41, 5.74) is 0. The maximum absolute atomic E-state index is 12.5. The molecule has 2 aliphatic rings. The van der Waals surface area contributed by atoms with Crippen molar-refractivity contribution in [1.82, 2.24) is 15.0 Å². The van der Waals surface area contributed by atoms with Crippen molar-refractivity contribution < 1.29 is 14.1 Å². The normalized spacial score (nSPS) is 26.5. The van der Waals surface area contributed by atoms with Gasteiger partial charge in [0.25, 0.3) is 0 Å². The van der Waals surface area contributed by atoms with E-state index in [4.69, 9.17) is 9.26 Å². The van der Waals surface area contributed by atoms with Gasteiger partial charge in [0, 0.05) is 31.5 Å². The molecule has 3 rings (SSSR count). The van der Waals surface area contributed by atoms with Crippen molar-refractivity contribution >= 4 is 5.91 Å². The van der Waals surface area contributed by atoms with E-state index in [2.05, 4.69) is 10.1 Å². The van der Waals surface area contributed by atoms with Gasteiger partial charge in [0.15, 0.2) is 5.82 Å². The molecule has 0 radical (unpaired) electrons. The number of piperidine rings is 1. The fourth-order valence-electron chi connectivity index (χ4n) is 3.02. The van der Waals surface area contributed by atoms with Crippen LogP contribution >= 0.6 is 0 Å². The molecule has 0 spiro atoms. The topological polar surface area (TPSA) is 68.5 Å². The van der Waals surface area contributed by atoms with Gasteiger partial charge in [-0.25, -0.2) is 0 Å². The number of rotatable bonds is 3. The Balaban J connectivity index is 1.65. The average Bonchev–Trinajstić information content (AvgIpc) is 3.18. The molecule has 21 heavy (non-hydrogen) atoms. The van der Waals surface area contributed by atoms with Crippen LogP contribution in [0.2, 0.25) is 0 Å². The van der Waals surface area contributed by atoms with Crippen LogP contribution in [0.25, 0.3) is 0 Å². The number of carbonyl (C=O) groups excluding carboxylic acids is 1. The highest BCUT2D eigenvalue weighted by molar-refractivity contribution is 5.79. The molecule has 3 heterocycles. The van der Waals surface area contributed by atoms with Gasteiger partial charge in [0.1, 0.15) is 0 Å². The van der Waals surface area contributed by atoms with E-state index in [0.717, 1.165) is 31.6 Å². The van der Waals surface area contributed by atoms with Crippen molar-refractivity contribution in [1.29, 1.82) is 0 Å². The molecule has 1 amide bonds. The number of nitrogens with zero attached hydrogens (tertiary/aromatic N) is 3. The molecule has 0 unspecified atom stereocenters. The van der Waals surface area contributed by atoms with E-state index < -0.39 is 0 Å². The first-order valence-electron chi connectivity index (χ1n) is 7.85. The van der Waals surface area contributed by atoms with Crippen LogP contribution in [0.1, 0.15) is 56.7 Å². The van der Waals surface area contributed by atoms with Gasteiger partial charge in [-0.3, -0.25) is 4.79 Å². The summed E-state index contributed by atoms with van der Waals surface area (Å²) in [5, 5.41) is 4.10. The van der Waals surface area contributed by atoms with Crippen molar-refractivity contribution in [2.45, 2.75) is 44.9 Å². The van der Waals surface area contributed by atoms with Gasteiger partial charge in [-0.15, -0.1) is 0 Å². The number of aromatic nitrogens is 2. The summed E-state index contributed by atoms with van der Waals surface area (Å²) in [5.74, 6) is 2.13. The third-order valence-corrected chi connectivity index (χ3v) is 4.33. The monoisotopic (exact) mass is 293 g/mol. The predicted octanol–water partition coefficient (Wildman–Crippen LogP) is 1.94. The maximum Gasteiger partial charge on any atom is 0.229 e. The van der Waals surface area contributed by atoms with Crippen molar-refractivity contribution in [3.63, 3.8) is 0 Å². The molecule has 6 nitrogen and oxygen atoms in total. The highest BCUT2D eigenvalue weighted by Gasteiger charge is 2.33. The van der Waals surface area contributed by atoms with Gasteiger partial charge in [0.2, 0.25) is 11.8 Å². The van der Waals surface area contributed by atoms with Crippen molar-refractivity contribution in [3.05, 3.63) is 11.7 Å². The molecule has 116 valence electrons. The van der Waals surface area contributed by atoms with Crippen LogP contribution in [0.3, 0.4) is 0 Å². The fraction of sp³-hybridized carbons (Fsp3) is 0.800. The highest BCUT2D eigenvalue weighted by Crippen LogP contribution is 2.28. The summed E-state index contributed by atoms with van der Waals surface area (Å²) in [6.07, 6.45) is 2.86. The molecule has 0 N–H and O–H groups in total. The second-order valence-electron chi connectivity index (χ2n) is 6.33. The van der Waals surface area contributed by atoms with Gasteiger partial charge in [-0.05, 0) is 19.3 Å². The van der Waals surface area contributed by atoms with Crippen LogP contribution in [0.5, 0.6) is 0 Å². The molecule has 2 fully saturated rings. The second kappa shape index (κ2) is 6.13. The van der Waals surface area contributed by atoms with Crippen LogP contribution in [0.15, 0.2) is 4.52 Å². The summed E-state index contributed by atoms with van der Waals surface area (Å²) in [6, 6.07) is 0. The lowest BCUT2D eigenvalue weighted by atomic mass is 9.95. The average molecular weight is 293 g/mol. The van der Waals surface area contributed by atoms with Gasteiger partial charge < -0.3 is 14.2 Å². The molecule has 2 saturated heterocycles. The first kappa shape index (κ1) is 14.5. The van der Waals surface area contributed by atoms with Gasteiger partial charge in [0.05, 0.1) is 12.5 Å². The summed E-state index contributed by atoms with van der Waals surface area (Å²) in [4.78, 5) is 18.9. The number of ether oxygens (including phenoxy) is 1. The molecule has 1 aromatic rings. The Morgan fingerprint density at radius 3 is 2.90 bits per heavy atom. The minimum Gasteiger partial charge on any atom is -0.381 e. The summed E-state index contributed by atoms with van der Waals surface area (Å²) in [6.45, 7) is 6.88. The van der Waals surface area contributed by atoms with E-state index in [-0.39, 0.29) is 23.7 Å². The number of hydrogen-bond donors (Lipinski definition) is 0. The quantitative estimate of drug-likeness (QED) is 0.852. The van der Waals surface area contributed by atoms with Crippen molar-refractivity contribution in [3.8, 4) is 0 Å². The van der Waals surface area contributed by atoms with Crippen LogP contribution in [0, 0.1) is 5.92 Å². The first-order valence-corrected chi connectivity index (χ1v) is 7.85. The molecule has 2 aliphatic heterocycles.